The average molecular weight is 322 g/mol. The van der Waals surface area contributed by atoms with Gasteiger partial charge in [-0.25, -0.2) is 8.42 Å². The van der Waals surface area contributed by atoms with Crippen LogP contribution in [0.15, 0.2) is 0 Å². The van der Waals surface area contributed by atoms with E-state index in [9.17, 15) is 9.59 Å². The van der Waals surface area contributed by atoms with Crippen LogP contribution in [0.4, 0.5) is 0 Å². The molecule has 0 aromatic heterocycles. The van der Waals surface area contributed by atoms with Crippen molar-refractivity contribution in [2.45, 2.75) is 26.2 Å². The Morgan fingerprint density at radius 3 is 1.61 bits per heavy atom. The van der Waals surface area contributed by atoms with Crippen LogP contribution in [0.25, 0.3) is 0 Å². The van der Waals surface area contributed by atoms with Gasteiger partial charge in [-0.1, -0.05) is 0 Å². The van der Waals surface area contributed by atoms with Crippen molar-refractivity contribution in [2.75, 3.05) is 0 Å². The minimum Gasteiger partial charge on any atom is -0.750 e. The van der Waals surface area contributed by atoms with Crippen LogP contribution in [0.5, 0.6) is 0 Å². The summed E-state index contributed by atoms with van der Waals surface area (Å²) in [6, 6.07) is 0. The Bertz CT molecular complexity index is 218. The van der Waals surface area contributed by atoms with Crippen LogP contribution < -0.4 is 59.1 Å². The quantitative estimate of drug-likeness (QED) is 0.224. The van der Waals surface area contributed by atoms with E-state index >= 15 is 0 Å². The third-order valence-electron chi connectivity index (χ3n) is 0.851. The van der Waals surface area contributed by atoms with E-state index in [0.717, 1.165) is 6.29 Å². The molecule has 0 bridgehead atoms. The van der Waals surface area contributed by atoms with Crippen LogP contribution in [0.3, 0.4) is 0 Å². The minimum atomic E-state index is -2.86. The summed E-state index contributed by atoms with van der Waals surface area (Å²) in [5, 5.41) is 0. The summed E-state index contributed by atoms with van der Waals surface area (Å²) in [6.45, 7) is 1.53. The molecule has 12 heteroatoms. The largest absolute Gasteiger partial charge is 1.00 e. The molecule has 0 amide bonds. The Hall–Kier alpha value is 1.48. The summed E-state index contributed by atoms with van der Waals surface area (Å²) in [6.07, 6.45) is 2.60. The van der Waals surface area contributed by atoms with E-state index in [2.05, 4.69) is 0 Å². The molecule has 18 heavy (non-hydrogen) atoms. The first-order chi connectivity index (χ1) is 7.23. The molecule has 0 aliphatic heterocycles. The third kappa shape index (κ3) is 113. The molecule has 0 saturated heterocycles. The van der Waals surface area contributed by atoms with E-state index in [1.807, 2.05) is 0 Å². The van der Waals surface area contributed by atoms with Gasteiger partial charge in [-0.05, 0) is 13.3 Å². The molecule has 2 N–H and O–H groups in total. The van der Waals surface area contributed by atoms with Crippen molar-refractivity contribution in [3.05, 3.63) is 0 Å². The molecule has 8 nitrogen and oxygen atoms in total. The number of ketones is 1. The van der Waals surface area contributed by atoms with Gasteiger partial charge in [0.05, 0.1) is 22.7 Å². The number of hydrogen-bond acceptors (Lipinski definition) is 6. The second kappa shape index (κ2) is 26.9. The van der Waals surface area contributed by atoms with Gasteiger partial charge in [0.1, 0.15) is 12.1 Å². The van der Waals surface area contributed by atoms with Crippen molar-refractivity contribution in [1.29, 1.82) is 0 Å². The Morgan fingerprint density at radius 1 is 1.17 bits per heavy atom. The second-order valence-corrected chi connectivity index (χ2v) is 3.06. The van der Waals surface area contributed by atoms with Gasteiger partial charge in [0.25, 0.3) is 0 Å². The van der Waals surface area contributed by atoms with E-state index in [4.69, 9.17) is 26.6 Å². The fourth-order valence-corrected chi connectivity index (χ4v) is 0.434. The summed E-state index contributed by atoms with van der Waals surface area (Å²) < 4.78 is 48.2. The van der Waals surface area contributed by atoms with Gasteiger partial charge < -0.3 is 27.8 Å². The van der Waals surface area contributed by atoms with Crippen molar-refractivity contribution in [2.24, 2.45) is 0 Å². The van der Waals surface area contributed by atoms with Crippen molar-refractivity contribution in [3.63, 3.8) is 0 Å². The molecule has 0 aromatic rings. The van der Waals surface area contributed by atoms with Gasteiger partial charge in [0.2, 0.25) is 0 Å². The van der Waals surface area contributed by atoms with Gasteiger partial charge in [-0.15, -0.1) is 0 Å². The van der Waals surface area contributed by atoms with Crippen LogP contribution in [0.2, 0.25) is 0 Å². The molecule has 0 aliphatic carbocycles. The first-order valence-corrected chi connectivity index (χ1v) is 5.80. The zero-order valence-corrected chi connectivity index (χ0v) is 16.0. The molecule has 0 radical (unpaired) electrons. The van der Waals surface area contributed by atoms with E-state index < -0.39 is 22.7 Å². The normalized spacial score (nSPS) is 10.7. The standard InChI is InChI=1S/C6H10O2.2Na.2H2O3S/c1-6(8)4-2-3-5-7;;;2*1-4(2)3/h5H,2-4H2,1H3;;;2*(H2,1,2,3)/q;2*+1;;/p-2. The molecule has 0 fully saturated rings. The molecule has 0 saturated carbocycles. The molecule has 98 valence electrons. The van der Waals surface area contributed by atoms with Crippen molar-refractivity contribution < 1.29 is 95.3 Å². The van der Waals surface area contributed by atoms with Gasteiger partial charge in [-0.3, -0.25) is 0 Å². The maximum Gasteiger partial charge on any atom is 1.00 e. The number of carbonyl (C=O) groups is 2. The maximum atomic E-state index is 10.2. The molecule has 0 rings (SSSR count). The summed E-state index contributed by atoms with van der Waals surface area (Å²) >= 11 is -5.72. The predicted molar refractivity (Wildman–Crippen MR) is 53.7 cm³/mol. The number of rotatable bonds is 4. The fourth-order valence-electron chi connectivity index (χ4n) is 0.434. The number of Topliss-reactive ketones (excluding diaryl/α,β-unsaturated/α-hetero) is 1. The Balaban J connectivity index is -0.0000000489. The summed E-state index contributed by atoms with van der Waals surface area (Å²) in [5.74, 6) is 0.159. The molecular weight excluding hydrogens is 310 g/mol. The van der Waals surface area contributed by atoms with E-state index in [0.29, 0.717) is 19.3 Å². The van der Waals surface area contributed by atoms with Crippen molar-refractivity contribution in [1.82, 2.24) is 0 Å². The second-order valence-electron chi connectivity index (χ2n) is 2.20. The Morgan fingerprint density at radius 2 is 1.44 bits per heavy atom. The first-order valence-electron chi connectivity index (χ1n) is 3.73. The fraction of sp³-hybridized carbons (Fsp3) is 0.667. The van der Waals surface area contributed by atoms with Crippen LogP contribution in [-0.4, -0.2) is 38.7 Å². The topological polar surface area (TPSA) is 155 Å². The van der Waals surface area contributed by atoms with Crippen LogP contribution in [0, 0.1) is 0 Å². The zero-order valence-electron chi connectivity index (χ0n) is 10.4. The predicted octanol–water partition coefficient (Wildman–Crippen LogP) is -6.37. The van der Waals surface area contributed by atoms with E-state index in [1.54, 1.807) is 0 Å². The molecule has 2 unspecified atom stereocenters. The zero-order chi connectivity index (χ0) is 13.6. The Labute approximate surface area is 154 Å². The van der Waals surface area contributed by atoms with Gasteiger partial charge in [0.15, 0.2) is 0 Å². The number of carbonyl (C=O) groups excluding carboxylic acids is 2. The summed E-state index contributed by atoms with van der Waals surface area (Å²) in [5.41, 5.74) is 0. The maximum absolute atomic E-state index is 10.2. The molecule has 0 aliphatic rings. The third-order valence-corrected chi connectivity index (χ3v) is 0.851. The van der Waals surface area contributed by atoms with Gasteiger partial charge in [-0.2, -0.15) is 0 Å². The summed E-state index contributed by atoms with van der Waals surface area (Å²) in [7, 11) is 0. The Kier molecular flexibility index (Phi) is 47.5. The average Bonchev–Trinajstić information content (AvgIpc) is 2.01. The SMILES string of the molecule is CC(=O)CCCC=O.O=S([O-])O.O=S([O-])O.[Na+].[Na+]. The minimum absolute atomic E-state index is 0. The summed E-state index contributed by atoms with van der Waals surface area (Å²) in [4.78, 5) is 19.9. The smallest absolute Gasteiger partial charge is 0.750 e. The molecule has 0 aromatic carbocycles. The van der Waals surface area contributed by atoms with E-state index in [1.165, 1.54) is 6.92 Å². The number of hydrogen-bond donors (Lipinski definition) is 2. The van der Waals surface area contributed by atoms with Crippen LogP contribution in [-0.2, 0) is 32.3 Å². The van der Waals surface area contributed by atoms with Crippen LogP contribution >= 0.6 is 0 Å². The van der Waals surface area contributed by atoms with Crippen LogP contribution in [0.1, 0.15) is 26.2 Å². The van der Waals surface area contributed by atoms with Gasteiger partial charge in [0, 0.05) is 12.8 Å². The molecule has 0 spiro atoms. The first kappa shape index (κ1) is 31.7. The monoisotopic (exact) mass is 322 g/mol. The number of unbranched alkanes of at least 4 members (excludes halogenated alkanes) is 1. The van der Waals surface area contributed by atoms with E-state index in [-0.39, 0.29) is 64.9 Å². The molecule has 2 atom stereocenters. The molecule has 0 heterocycles. The van der Waals surface area contributed by atoms with Gasteiger partial charge >= 0.3 is 59.1 Å². The van der Waals surface area contributed by atoms with Crippen molar-refractivity contribution in [3.8, 4) is 0 Å². The van der Waals surface area contributed by atoms with Crippen molar-refractivity contribution >= 4 is 34.8 Å². The molecular formula is C6H12Na2O8S2. The number of aldehydes is 1.